The largest absolute Gasteiger partial charge is 0.462 e. The average molecular weight is 395 g/mol. The van der Waals surface area contributed by atoms with Crippen molar-refractivity contribution < 1.29 is 14.3 Å². The number of ether oxygens (including phenoxy) is 2. The fourth-order valence-electron chi connectivity index (χ4n) is 2.62. The van der Waals surface area contributed by atoms with Gasteiger partial charge in [0.15, 0.2) is 0 Å². The number of carbonyl (C=O) groups is 1. The summed E-state index contributed by atoms with van der Waals surface area (Å²) in [5.41, 5.74) is 2.65. The molecule has 8 heteroatoms. The van der Waals surface area contributed by atoms with Gasteiger partial charge in [0.1, 0.15) is 12.4 Å². The van der Waals surface area contributed by atoms with Crippen molar-refractivity contribution in [3.8, 4) is 17.3 Å². The van der Waals surface area contributed by atoms with Gasteiger partial charge in [0.25, 0.3) is 0 Å². The molecule has 0 spiro atoms. The molecule has 0 saturated carbocycles. The molecular weight excluding hydrogens is 370 g/mol. The van der Waals surface area contributed by atoms with Crippen molar-refractivity contribution in [2.75, 3.05) is 26.9 Å². The molecule has 29 heavy (non-hydrogen) atoms. The maximum absolute atomic E-state index is 12.3. The number of aliphatic imine (C=N–C) groups is 1. The van der Waals surface area contributed by atoms with Crippen LogP contribution >= 0.6 is 0 Å². The van der Waals surface area contributed by atoms with Crippen LogP contribution in [0.15, 0.2) is 54.2 Å². The number of aromatic nitrogens is 2. The number of rotatable bonds is 10. The molecule has 8 nitrogen and oxygen atoms in total. The number of nitriles is 1. The highest BCUT2D eigenvalue weighted by molar-refractivity contribution is 6.03. The van der Waals surface area contributed by atoms with Crippen LogP contribution in [0, 0.1) is 17.2 Å². The molecule has 0 aliphatic rings. The zero-order valence-corrected chi connectivity index (χ0v) is 16.7. The topological polar surface area (TPSA) is 102 Å². The molecule has 2 aromatic rings. The third-order valence-electron chi connectivity index (χ3n) is 3.97. The number of esters is 1. The van der Waals surface area contributed by atoms with Crippen molar-refractivity contribution in [3.05, 3.63) is 54.7 Å². The van der Waals surface area contributed by atoms with Crippen molar-refractivity contribution in [2.45, 2.75) is 6.54 Å². The second-order valence-corrected chi connectivity index (χ2v) is 6.14. The van der Waals surface area contributed by atoms with E-state index >= 15 is 0 Å². The number of hydrogen-bond acceptors (Lipinski definition) is 6. The first-order valence-corrected chi connectivity index (χ1v) is 9.13. The zero-order valence-electron chi connectivity index (χ0n) is 16.7. The van der Waals surface area contributed by atoms with E-state index in [2.05, 4.69) is 22.0 Å². The number of hydrogen-bond donors (Lipinski definition) is 1. The van der Waals surface area contributed by atoms with E-state index in [9.17, 15) is 10.1 Å². The molecule has 0 fully saturated rings. The van der Waals surface area contributed by atoms with Gasteiger partial charge < -0.3 is 14.8 Å². The molecule has 1 unspecified atom stereocenters. The number of methoxy groups -OCH3 is 1. The minimum atomic E-state index is -1.16. The highest BCUT2D eigenvalue weighted by atomic mass is 16.6. The Morgan fingerprint density at radius 2 is 2.17 bits per heavy atom. The number of benzene rings is 1. The molecule has 1 atom stereocenters. The Balaban J connectivity index is 2.26. The molecule has 0 radical (unpaired) electrons. The van der Waals surface area contributed by atoms with Gasteiger partial charge in [0, 0.05) is 38.0 Å². The van der Waals surface area contributed by atoms with Gasteiger partial charge >= 0.3 is 5.97 Å². The quantitative estimate of drug-likeness (QED) is 0.217. The van der Waals surface area contributed by atoms with Crippen LogP contribution in [0.1, 0.15) is 5.56 Å². The van der Waals surface area contributed by atoms with Gasteiger partial charge in [-0.3, -0.25) is 14.5 Å². The zero-order chi connectivity index (χ0) is 21.1. The van der Waals surface area contributed by atoms with E-state index in [4.69, 9.17) is 9.47 Å². The SMILES string of the molecule is C=CCNC(=NCc1cn(C)nc1-c1ccccc1)C(C#N)C(=O)OCCOC. The fourth-order valence-corrected chi connectivity index (χ4v) is 2.62. The minimum Gasteiger partial charge on any atom is -0.462 e. The Morgan fingerprint density at radius 3 is 2.83 bits per heavy atom. The van der Waals surface area contributed by atoms with Crippen LogP contribution in [0.5, 0.6) is 0 Å². The van der Waals surface area contributed by atoms with Gasteiger partial charge in [-0.1, -0.05) is 36.4 Å². The van der Waals surface area contributed by atoms with Crippen LogP contribution in [-0.2, 0) is 27.9 Å². The number of nitrogens with zero attached hydrogens (tertiary/aromatic N) is 4. The maximum atomic E-state index is 12.3. The third-order valence-corrected chi connectivity index (χ3v) is 3.97. The first-order chi connectivity index (χ1) is 14.1. The summed E-state index contributed by atoms with van der Waals surface area (Å²) in [5, 5.41) is 17.0. The Bertz CT molecular complexity index is 883. The molecule has 1 heterocycles. The van der Waals surface area contributed by atoms with Gasteiger partial charge in [-0.2, -0.15) is 10.4 Å². The average Bonchev–Trinajstić information content (AvgIpc) is 3.11. The summed E-state index contributed by atoms with van der Waals surface area (Å²) >= 11 is 0. The highest BCUT2D eigenvalue weighted by Gasteiger charge is 2.26. The van der Waals surface area contributed by atoms with Crippen molar-refractivity contribution in [1.29, 1.82) is 5.26 Å². The summed E-state index contributed by atoms with van der Waals surface area (Å²) < 4.78 is 11.7. The van der Waals surface area contributed by atoms with Crippen LogP contribution in [0.4, 0.5) is 0 Å². The second-order valence-electron chi connectivity index (χ2n) is 6.14. The molecule has 0 saturated heterocycles. The summed E-state index contributed by atoms with van der Waals surface area (Å²) in [6.07, 6.45) is 3.49. The first-order valence-electron chi connectivity index (χ1n) is 9.13. The molecule has 1 N–H and O–H groups in total. The summed E-state index contributed by atoms with van der Waals surface area (Å²) in [4.78, 5) is 16.8. The van der Waals surface area contributed by atoms with Crippen molar-refractivity contribution in [3.63, 3.8) is 0 Å². The van der Waals surface area contributed by atoms with Crippen LogP contribution < -0.4 is 5.32 Å². The van der Waals surface area contributed by atoms with E-state index in [1.54, 1.807) is 10.8 Å². The summed E-state index contributed by atoms with van der Waals surface area (Å²) in [6, 6.07) is 11.7. The number of amidine groups is 1. The smallest absolute Gasteiger partial charge is 0.331 e. The van der Waals surface area contributed by atoms with Gasteiger partial charge in [-0.25, -0.2) is 0 Å². The highest BCUT2D eigenvalue weighted by Crippen LogP contribution is 2.22. The van der Waals surface area contributed by atoms with Crippen LogP contribution in [0.2, 0.25) is 0 Å². The summed E-state index contributed by atoms with van der Waals surface area (Å²) in [7, 11) is 3.34. The predicted molar refractivity (Wildman–Crippen MR) is 110 cm³/mol. The Morgan fingerprint density at radius 1 is 1.41 bits per heavy atom. The minimum absolute atomic E-state index is 0.0724. The van der Waals surface area contributed by atoms with E-state index < -0.39 is 11.9 Å². The molecule has 0 aliphatic carbocycles. The molecule has 0 aliphatic heterocycles. The van der Waals surface area contributed by atoms with E-state index in [-0.39, 0.29) is 25.6 Å². The van der Waals surface area contributed by atoms with Crippen molar-refractivity contribution in [2.24, 2.45) is 18.0 Å². The standard InChI is InChI=1S/C21H25N5O3/c1-4-10-23-20(18(13-22)21(27)29-12-11-28-3)24-14-17-15-26(2)25-19(17)16-8-6-5-7-9-16/h4-9,15,18H,1,10-12,14H2,2-3H3,(H,23,24). The summed E-state index contributed by atoms with van der Waals surface area (Å²) in [6.45, 7) is 4.59. The van der Waals surface area contributed by atoms with Gasteiger partial charge in [-0.05, 0) is 0 Å². The lowest BCUT2D eigenvalue weighted by Crippen LogP contribution is -2.36. The van der Waals surface area contributed by atoms with E-state index in [0.29, 0.717) is 6.54 Å². The fraction of sp³-hybridized carbons (Fsp3) is 0.333. The van der Waals surface area contributed by atoms with Crippen LogP contribution in [0.25, 0.3) is 11.3 Å². The molecule has 0 bridgehead atoms. The predicted octanol–water partition coefficient (Wildman–Crippen LogP) is 2.09. The van der Waals surface area contributed by atoms with Crippen LogP contribution in [-0.4, -0.2) is 48.5 Å². The second kappa shape index (κ2) is 11.4. The van der Waals surface area contributed by atoms with Crippen LogP contribution in [0.3, 0.4) is 0 Å². The van der Waals surface area contributed by atoms with Crippen molar-refractivity contribution in [1.82, 2.24) is 15.1 Å². The van der Waals surface area contributed by atoms with Gasteiger partial charge in [0.05, 0.1) is 24.9 Å². The van der Waals surface area contributed by atoms with E-state index in [0.717, 1.165) is 16.8 Å². The molecule has 1 aromatic heterocycles. The first kappa shape index (κ1) is 21.9. The molecule has 1 aromatic carbocycles. The number of carbonyl (C=O) groups excluding carboxylic acids is 1. The number of aryl methyl sites for hydroxylation is 1. The van der Waals surface area contributed by atoms with Gasteiger partial charge in [-0.15, -0.1) is 6.58 Å². The Kier molecular flexibility index (Phi) is 8.60. The summed E-state index contributed by atoms with van der Waals surface area (Å²) in [5.74, 6) is -1.60. The lowest BCUT2D eigenvalue weighted by molar-refractivity contribution is -0.145. The van der Waals surface area contributed by atoms with E-state index in [1.807, 2.05) is 49.6 Å². The molecule has 2 rings (SSSR count). The number of nitrogens with one attached hydrogen (secondary N) is 1. The molecule has 0 amide bonds. The molecular formula is C21H25N5O3. The Labute approximate surface area is 170 Å². The van der Waals surface area contributed by atoms with Gasteiger partial charge in [0.2, 0.25) is 5.92 Å². The van der Waals surface area contributed by atoms with E-state index in [1.165, 1.54) is 7.11 Å². The lowest BCUT2D eigenvalue weighted by atomic mass is 10.1. The molecule has 152 valence electrons. The lowest BCUT2D eigenvalue weighted by Gasteiger charge is -2.14. The Hall–Kier alpha value is -3.44. The third kappa shape index (κ3) is 6.30. The maximum Gasteiger partial charge on any atom is 0.331 e. The van der Waals surface area contributed by atoms with Crippen molar-refractivity contribution >= 4 is 11.8 Å². The normalized spacial score (nSPS) is 12.1. The monoisotopic (exact) mass is 395 g/mol.